The van der Waals surface area contributed by atoms with Gasteiger partial charge in [0.15, 0.2) is 0 Å². The van der Waals surface area contributed by atoms with Crippen LogP contribution >= 0.6 is 21.6 Å². The SMILES string of the molecule is NC(CSSC[CH-]CO)C(=O)O.[CH3-].[K+]. The number of carbonyl (C=O) groups is 1. The number of hydrogen-bond donors (Lipinski definition) is 3. The Morgan fingerprint density at radius 2 is 2.07 bits per heavy atom. The zero-order chi connectivity index (χ0) is 9.40. The maximum absolute atomic E-state index is 10.2. The van der Waals surface area contributed by atoms with Gasteiger partial charge in [0.25, 0.3) is 0 Å². The first kappa shape index (κ1) is 21.1. The van der Waals surface area contributed by atoms with Crippen molar-refractivity contribution in [2.45, 2.75) is 6.04 Å². The van der Waals surface area contributed by atoms with Gasteiger partial charge in [0.1, 0.15) is 6.04 Å². The second-order valence-electron chi connectivity index (χ2n) is 1.99. The predicted molar refractivity (Wildman–Crippen MR) is 58.3 cm³/mol. The van der Waals surface area contributed by atoms with Crippen LogP contribution in [0.4, 0.5) is 0 Å². The van der Waals surface area contributed by atoms with E-state index in [-0.39, 0.29) is 65.4 Å². The summed E-state index contributed by atoms with van der Waals surface area (Å²) in [6.07, 6.45) is 1.70. The Kier molecular flexibility index (Phi) is 22.2. The van der Waals surface area contributed by atoms with Gasteiger partial charge in [-0.05, 0) is 0 Å². The van der Waals surface area contributed by atoms with Gasteiger partial charge in [-0.3, -0.25) is 11.2 Å². The average Bonchev–Trinajstić information content (AvgIpc) is 2.03. The van der Waals surface area contributed by atoms with E-state index >= 15 is 0 Å². The predicted octanol–water partition coefficient (Wildman–Crippen LogP) is -2.57. The number of carboxylic acids is 1. The van der Waals surface area contributed by atoms with Gasteiger partial charge >= 0.3 is 57.4 Å². The van der Waals surface area contributed by atoms with Gasteiger partial charge in [-0.25, -0.2) is 0 Å². The number of carboxylic acid groups (broad SMARTS) is 1. The molecule has 0 aliphatic heterocycles. The van der Waals surface area contributed by atoms with E-state index in [0.717, 1.165) is 0 Å². The summed E-state index contributed by atoms with van der Waals surface area (Å²) in [5.74, 6) is 0.112. The molecule has 1 unspecified atom stereocenters. The van der Waals surface area contributed by atoms with Crippen molar-refractivity contribution < 1.29 is 66.4 Å². The molecule has 0 rings (SSSR count). The molecule has 0 amide bonds. The molecule has 0 aliphatic carbocycles. The number of hydrogen-bond acceptors (Lipinski definition) is 5. The van der Waals surface area contributed by atoms with Crippen molar-refractivity contribution in [2.24, 2.45) is 5.73 Å². The van der Waals surface area contributed by atoms with Crippen molar-refractivity contribution in [3.63, 3.8) is 0 Å². The van der Waals surface area contributed by atoms with Crippen molar-refractivity contribution in [2.75, 3.05) is 18.1 Å². The van der Waals surface area contributed by atoms with Gasteiger partial charge in [-0.2, -0.15) is 0 Å². The average molecular weight is 264 g/mol. The van der Waals surface area contributed by atoms with Gasteiger partial charge in [0, 0.05) is 5.75 Å². The number of aliphatic hydroxyl groups is 1. The third-order valence-electron chi connectivity index (χ3n) is 0.963. The zero-order valence-electron chi connectivity index (χ0n) is 8.47. The maximum atomic E-state index is 10.2. The van der Waals surface area contributed by atoms with Gasteiger partial charge in [-0.1, -0.05) is 17.4 Å². The van der Waals surface area contributed by atoms with E-state index in [0.29, 0.717) is 11.5 Å². The first-order chi connectivity index (χ1) is 5.68. The van der Waals surface area contributed by atoms with Gasteiger partial charge in [-0.15, -0.1) is 16.5 Å². The molecule has 0 saturated carbocycles. The van der Waals surface area contributed by atoms with Crippen LogP contribution in [-0.4, -0.2) is 40.3 Å². The third kappa shape index (κ3) is 13.7. The molecule has 0 aliphatic rings. The van der Waals surface area contributed by atoms with Crippen LogP contribution in [0.2, 0.25) is 0 Å². The van der Waals surface area contributed by atoms with E-state index in [9.17, 15) is 4.79 Å². The van der Waals surface area contributed by atoms with Gasteiger partial charge < -0.3 is 23.4 Å². The Bertz CT molecular complexity index is 140. The Balaban J connectivity index is -0.000000605. The third-order valence-corrected chi connectivity index (χ3v) is 3.31. The van der Waals surface area contributed by atoms with Crippen LogP contribution in [0.5, 0.6) is 0 Å². The minimum absolute atomic E-state index is 0. The zero-order valence-corrected chi connectivity index (χ0v) is 13.2. The monoisotopic (exact) mass is 264 g/mol. The number of nitrogens with two attached hydrogens (primary N) is 1. The smallest absolute Gasteiger partial charge is 0.480 e. The molecule has 0 aromatic rings. The Hall–Kier alpha value is 1.73. The molecule has 80 valence electrons. The summed E-state index contributed by atoms with van der Waals surface area (Å²) in [4.78, 5) is 10.2. The fourth-order valence-electron chi connectivity index (χ4n) is 0.342. The molecule has 4 N–H and O–H groups in total. The minimum atomic E-state index is -0.978. The molecule has 0 spiro atoms. The summed E-state index contributed by atoms with van der Waals surface area (Å²) >= 11 is 0. The summed E-state index contributed by atoms with van der Waals surface area (Å²) in [5, 5.41) is 16.8. The van der Waals surface area contributed by atoms with Crippen molar-refractivity contribution in [1.29, 1.82) is 0 Å². The van der Waals surface area contributed by atoms with Crippen molar-refractivity contribution >= 4 is 27.6 Å². The van der Waals surface area contributed by atoms with E-state index in [4.69, 9.17) is 15.9 Å². The molecule has 4 nitrogen and oxygen atoms in total. The molecule has 0 bridgehead atoms. The second-order valence-corrected chi connectivity index (χ2v) is 4.54. The molecule has 0 radical (unpaired) electrons. The number of rotatable bonds is 7. The molecule has 0 aromatic heterocycles. The van der Waals surface area contributed by atoms with Crippen LogP contribution in [0.1, 0.15) is 0 Å². The molecule has 0 aromatic carbocycles. The number of aliphatic hydroxyl groups excluding tert-OH is 1. The maximum Gasteiger partial charge on any atom is 1.00 e. The van der Waals surface area contributed by atoms with Gasteiger partial charge in [0.2, 0.25) is 0 Å². The van der Waals surface area contributed by atoms with Crippen LogP contribution in [0.15, 0.2) is 0 Å². The fourth-order valence-corrected chi connectivity index (χ4v) is 2.33. The Morgan fingerprint density at radius 1 is 1.50 bits per heavy atom. The second kappa shape index (κ2) is 14.7. The van der Waals surface area contributed by atoms with E-state index in [1.54, 1.807) is 6.42 Å². The van der Waals surface area contributed by atoms with E-state index < -0.39 is 12.0 Å². The van der Waals surface area contributed by atoms with Gasteiger partial charge in [0.05, 0.1) is 0 Å². The normalized spacial score (nSPS) is 11.0. The van der Waals surface area contributed by atoms with E-state index in [1.165, 1.54) is 21.6 Å². The van der Waals surface area contributed by atoms with Crippen LogP contribution in [0.3, 0.4) is 0 Å². The topological polar surface area (TPSA) is 83.5 Å². The largest absolute Gasteiger partial charge is 1.00 e. The summed E-state index contributed by atoms with van der Waals surface area (Å²) in [6.45, 7) is 0.0541. The van der Waals surface area contributed by atoms with Crippen LogP contribution in [0, 0.1) is 13.8 Å². The Morgan fingerprint density at radius 3 is 2.50 bits per heavy atom. The first-order valence-corrected chi connectivity index (χ1v) is 5.82. The first-order valence-electron chi connectivity index (χ1n) is 3.33. The minimum Gasteiger partial charge on any atom is -0.480 e. The molecule has 14 heavy (non-hydrogen) atoms. The molecule has 0 fully saturated rings. The van der Waals surface area contributed by atoms with Crippen molar-refractivity contribution in [3.05, 3.63) is 13.8 Å². The van der Waals surface area contributed by atoms with Crippen LogP contribution < -0.4 is 57.1 Å². The van der Waals surface area contributed by atoms with Crippen molar-refractivity contribution in [1.82, 2.24) is 0 Å². The summed E-state index contributed by atoms with van der Waals surface area (Å²) in [5.41, 5.74) is 5.24. The van der Waals surface area contributed by atoms with Crippen LogP contribution in [-0.2, 0) is 4.79 Å². The molecule has 7 heteroatoms. The summed E-state index contributed by atoms with van der Waals surface area (Å²) in [6, 6.07) is -0.795. The fraction of sp³-hybridized carbons (Fsp3) is 0.571. The quantitative estimate of drug-likeness (QED) is 0.203. The standard InChI is InChI=1S/C6H12NO3S2.CH3.K/c7-5(6(9)10)4-12-11-3-1-2-8;;/h1,5,8H,2-4,7H2,(H,9,10);1H3;/q2*-1;+1. The van der Waals surface area contributed by atoms with Crippen LogP contribution in [0.25, 0.3) is 0 Å². The Labute approximate surface area is 136 Å². The number of aliphatic carboxylic acids is 1. The molecular formula is C7H15KNO3S2-. The molecule has 1 atom stereocenters. The van der Waals surface area contributed by atoms with E-state index in [2.05, 4.69) is 0 Å². The van der Waals surface area contributed by atoms with E-state index in [1.807, 2.05) is 0 Å². The molecular weight excluding hydrogens is 249 g/mol. The van der Waals surface area contributed by atoms with Crippen molar-refractivity contribution in [3.8, 4) is 0 Å². The molecule has 0 heterocycles. The molecule has 0 saturated heterocycles. The summed E-state index contributed by atoms with van der Waals surface area (Å²) in [7, 11) is 2.88. The summed E-state index contributed by atoms with van der Waals surface area (Å²) < 4.78 is 0.